The van der Waals surface area contributed by atoms with Gasteiger partial charge in [-0.15, -0.1) is 11.3 Å². The molecule has 2 atom stereocenters. The zero-order valence-corrected chi connectivity index (χ0v) is 10.9. The van der Waals surface area contributed by atoms with Crippen molar-refractivity contribution in [3.63, 3.8) is 0 Å². The van der Waals surface area contributed by atoms with Crippen LogP contribution < -0.4 is 5.32 Å². The zero-order chi connectivity index (χ0) is 11.7. The van der Waals surface area contributed by atoms with Crippen LogP contribution in [-0.4, -0.2) is 36.0 Å². The molecule has 1 N–H and O–H groups in total. The molecule has 0 bridgehead atoms. The first-order valence-electron chi connectivity index (χ1n) is 5.38. The number of thiophene rings is 1. The second-order valence-electron chi connectivity index (χ2n) is 4.17. The van der Waals surface area contributed by atoms with Crippen molar-refractivity contribution in [2.24, 2.45) is 0 Å². The van der Waals surface area contributed by atoms with Gasteiger partial charge < -0.3 is 10.2 Å². The molecule has 0 aromatic carbocycles. The Kier molecular flexibility index (Phi) is 3.52. The Bertz CT molecular complexity index is 383. The van der Waals surface area contributed by atoms with E-state index in [1.165, 1.54) is 11.3 Å². The topological polar surface area (TPSA) is 32.3 Å². The van der Waals surface area contributed by atoms with Gasteiger partial charge in [0.15, 0.2) is 0 Å². The molecule has 1 aromatic heterocycles. The van der Waals surface area contributed by atoms with Crippen LogP contribution in [0.2, 0.25) is 4.34 Å². The molecule has 88 valence electrons. The third-order valence-electron chi connectivity index (χ3n) is 2.85. The molecule has 1 aromatic rings. The number of carbonyl (C=O) groups excluding carboxylic acids is 1. The predicted octanol–water partition coefficient (Wildman–Crippen LogP) is 2.22. The standard InChI is InChI=1S/C11H15ClN2OS/c1-7-5-13-6-8(2)14(7)11(15)9-3-4-10(12)16-9/h3-4,7-8,13H,5-6H2,1-2H3. The number of nitrogens with zero attached hydrogens (tertiary/aromatic N) is 1. The van der Waals surface area contributed by atoms with Crippen molar-refractivity contribution in [2.75, 3.05) is 13.1 Å². The second-order valence-corrected chi connectivity index (χ2v) is 5.89. The Labute approximate surface area is 104 Å². The summed E-state index contributed by atoms with van der Waals surface area (Å²) in [6.45, 7) is 5.84. The number of nitrogens with one attached hydrogen (secondary N) is 1. The molecule has 2 unspecified atom stereocenters. The number of hydrogen-bond acceptors (Lipinski definition) is 3. The van der Waals surface area contributed by atoms with Crippen LogP contribution >= 0.6 is 22.9 Å². The van der Waals surface area contributed by atoms with Crippen molar-refractivity contribution in [3.05, 3.63) is 21.3 Å². The molecule has 16 heavy (non-hydrogen) atoms. The second kappa shape index (κ2) is 4.73. The molecule has 3 nitrogen and oxygen atoms in total. The van der Waals surface area contributed by atoms with Crippen LogP contribution in [-0.2, 0) is 0 Å². The molecule has 1 saturated heterocycles. The highest BCUT2D eigenvalue weighted by Gasteiger charge is 2.30. The van der Waals surface area contributed by atoms with Gasteiger partial charge in [0.25, 0.3) is 5.91 Å². The summed E-state index contributed by atoms with van der Waals surface area (Å²) < 4.78 is 0.666. The van der Waals surface area contributed by atoms with Gasteiger partial charge in [-0.05, 0) is 26.0 Å². The summed E-state index contributed by atoms with van der Waals surface area (Å²) in [5.74, 6) is 0.0957. The van der Waals surface area contributed by atoms with Gasteiger partial charge >= 0.3 is 0 Å². The van der Waals surface area contributed by atoms with Crippen LogP contribution in [0.1, 0.15) is 23.5 Å². The Morgan fingerprint density at radius 1 is 1.44 bits per heavy atom. The molecular formula is C11H15ClN2OS. The van der Waals surface area contributed by atoms with Crippen molar-refractivity contribution in [3.8, 4) is 0 Å². The lowest BCUT2D eigenvalue weighted by molar-refractivity contribution is 0.0549. The van der Waals surface area contributed by atoms with Crippen molar-refractivity contribution in [2.45, 2.75) is 25.9 Å². The fourth-order valence-corrected chi connectivity index (χ4v) is 3.08. The maximum absolute atomic E-state index is 12.3. The smallest absolute Gasteiger partial charge is 0.264 e. The molecule has 0 radical (unpaired) electrons. The summed E-state index contributed by atoms with van der Waals surface area (Å²) >= 11 is 7.20. The van der Waals surface area contributed by atoms with Gasteiger partial charge in [0.05, 0.1) is 9.21 Å². The fourth-order valence-electron chi connectivity index (χ4n) is 2.09. The Balaban J connectivity index is 2.19. The van der Waals surface area contributed by atoms with Crippen LogP contribution in [0.3, 0.4) is 0 Å². The van der Waals surface area contributed by atoms with E-state index in [1.54, 1.807) is 12.1 Å². The maximum Gasteiger partial charge on any atom is 0.264 e. The van der Waals surface area contributed by atoms with Gasteiger partial charge in [-0.3, -0.25) is 4.79 Å². The van der Waals surface area contributed by atoms with Crippen LogP contribution in [0.25, 0.3) is 0 Å². The largest absolute Gasteiger partial charge is 0.330 e. The maximum atomic E-state index is 12.3. The van der Waals surface area contributed by atoms with E-state index in [4.69, 9.17) is 11.6 Å². The fraction of sp³-hybridized carbons (Fsp3) is 0.545. The van der Waals surface area contributed by atoms with Crippen LogP contribution in [0.5, 0.6) is 0 Å². The van der Waals surface area contributed by atoms with E-state index >= 15 is 0 Å². The van der Waals surface area contributed by atoms with E-state index in [-0.39, 0.29) is 18.0 Å². The molecule has 1 amide bonds. The molecule has 1 aliphatic rings. The van der Waals surface area contributed by atoms with Gasteiger partial charge in [-0.2, -0.15) is 0 Å². The van der Waals surface area contributed by atoms with Gasteiger partial charge in [0, 0.05) is 25.2 Å². The highest BCUT2D eigenvalue weighted by atomic mass is 35.5. The Morgan fingerprint density at radius 3 is 2.56 bits per heavy atom. The van der Waals surface area contributed by atoms with Gasteiger partial charge in [-0.25, -0.2) is 0 Å². The lowest BCUT2D eigenvalue weighted by atomic mass is 10.1. The third kappa shape index (κ3) is 2.24. The molecule has 1 fully saturated rings. The predicted molar refractivity (Wildman–Crippen MR) is 67.3 cm³/mol. The SMILES string of the molecule is CC1CNCC(C)N1C(=O)c1ccc(Cl)s1. The summed E-state index contributed by atoms with van der Waals surface area (Å²) in [4.78, 5) is 15.0. The van der Waals surface area contributed by atoms with E-state index < -0.39 is 0 Å². The monoisotopic (exact) mass is 258 g/mol. The van der Waals surface area contributed by atoms with E-state index in [9.17, 15) is 4.79 Å². The van der Waals surface area contributed by atoms with Crippen LogP contribution in [0.4, 0.5) is 0 Å². The Hall–Kier alpha value is -0.580. The highest BCUT2D eigenvalue weighted by Crippen LogP contribution is 2.24. The van der Waals surface area contributed by atoms with Crippen molar-refractivity contribution in [1.29, 1.82) is 0 Å². The summed E-state index contributed by atoms with van der Waals surface area (Å²) in [6, 6.07) is 4.04. The average Bonchev–Trinajstić information content (AvgIpc) is 2.64. The first-order valence-corrected chi connectivity index (χ1v) is 6.57. The minimum atomic E-state index is 0.0957. The molecule has 0 spiro atoms. The summed E-state index contributed by atoms with van der Waals surface area (Å²) in [6.07, 6.45) is 0. The lowest BCUT2D eigenvalue weighted by Crippen LogP contribution is -2.57. The van der Waals surface area contributed by atoms with Gasteiger partial charge in [0.1, 0.15) is 0 Å². The lowest BCUT2D eigenvalue weighted by Gasteiger charge is -2.39. The molecule has 2 heterocycles. The minimum absolute atomic E-state index is 0.0957. The normalized spacial score (nSPS) is 25.8. The van der Waals surface area contributed by atoms with Crippen molar-refractivity contribution in [1.82, 2.24) is 10.2 Å². The van der Waals surface area contributed by atoms with Crippen molar-refractivity contribution < 1.29 is 4.79 Å². The first-order chi connectivity index (χ1) is 7.59. The summed E-state index contributed by atoms with van der Waals surface area (Å²) in [5, 5.41) is 3.31. The van der Waals surface area contributed by atoms with Gasteiger partial charge in [-0.1, -0.05) is 11.6 Å². The van der Waals surface area contributed by atoms with Crippen molar-refractivity contribution >= 4 is 28.8 Å². The number of carbonyl (C=O) groups is 1. The number of hydrogen-bond donors (Lipinski definition) is 1. The van der Waals surface area contributed by atoms with Gasteiger partial charge in [0.2, 0.25) is 0 Å². The Morgan fingerprint density at radius 2 is 2.06 bits per heavy atom. The highest BCUT2D eigenvalue weighted by molar-refractivity contribution is 7.17. The van der Waals surface area contributed by atoms with E-state index in [2.05, 4.69) is 19.2 Å². The average molecular weight is 259 g/mol. The van der Waals surface area contributed by atoms with E-state index in [1.807, 2.05) is 4.90 Å². The molecule has 1 aliphatic heterocycles. The number of amides is 1. The summed E-state index contributed by atoms with van der Waals surface area (Å²) in [7, 11) is 0. The van der Waals surface area contributed by atoms with Crippen LogP contribution in [0, 0.1) is 0 Å². The molecule has 2 rings (SSSR count). The molecule has 0 saturated carbocycles. The number of halogens is 1. The number of rotatable bonds is 1. The zero-order valence-electron chi connectivity index (χ0n) is 9.37. The minimum Gasteiger partial charge on any atom is -0.330 e. The molecule has 5 heteroatoms. The third-order valence-corrected chi connectivity index (χ3v) is 4.07. The quantitative estimate of drug-likeness (QED) is 0.838. The molecular weight excluding hydrogens is 244 g/mol. The van der Waals surface area contributed by atoms with E-state index in [0.717, 1.165) is 18.0 Å². The van der Waals surface area contributed by atoms with Crippen LogP contribution in [0.15, 0.2) is 12.1 Å². The number of piperazine rings is 1. The van der Waals surface area contributed by atoms with E-state index in [0.29, 0.717) is 4.34 Å². The molecule has 0 aliphatic carbocycles. The summed E-state index contributed by atoms with van der Waals surface area (Å²) in [5.41, 5.74) is 0. The first kappa shape index (κ1) is 11.9.